The van der Waals surface area contributed by atoms with Crippen LogP contribution in [-0.2, 0) is 21.4 Å². The Balaban J connectivity index is 2.21. The predicted octanol–water partition coefficient (Wildman–Crippen LogP) is 3.65. The third-order valence-corrected chi connectivity index (χ3v) is 5.87. The minimum Gasteiger partial charge on any atom is -0.490 e. The minimum atomic E-state index is -3.66. The van der Waals surface area contributed by atoms with E-state index in [-0.39, 0.29) is 12.5 Å². The van der Waals surface area contributed by atoms with Crippen LogP contribution in [0.5, 0.6) is 11.5 Å². The van der Waals surface area contributed by atoms with Gasteiger partial charge in [0.25, 0.3) is 0 Å². The first kappa shape index (κ1) is 24.5. The average Bonchev–Trinajstić information content (AvgIpc) is 2.72. The van der Waals surface area contributed by atoms with Crippen LogP contribution in [0.3, 0.4) is 0 Å². The van der Waals surface area contributed by atoms with Crippen LogP contribution in [0, 0.1) is 6.92 Å². The molecule has 1 unspecified atom stereocenters. The smallest absolute Gasteiger partial charge is 0.244 e. The zero-order valence-electron chi connectivity index (χ0n) is 18.8. The van der Waals surface area contributed by atoms with Gasteiger partial charge in [-0.1, -0.05) is 30.7 Å². The fourth-order valence-corrected chi connectivity index (χ4v) is 4.48. The number of nitrogens with one attached hydrogen (secondary N) is 1. The van der Waals surface area contributed by atoms with Crippen LogP contribution in [0.2, 0.25) is 0 Å². The quantitative estimate of drug-likeness (QED) is 0.567. The molecule has 1 amide bonds. The highest BCUT2D eigenvalue weighted by Crippen LogP contribution is 2.28. The first-order valence-corrected chi connectivity index (χ1v) is 12.3. The van der Waals surface area contributed by atoms with Crippen LogP contribution in [0.25, 0.3) is 0 Å². The minimum absolute atomic E-state index is 0.243. The van der Waals surface area contributed by atoms with E-state index >= 15 is 0 Å². The first-order chi connectivity index (χ1) is 14.7. The number of anilines is 1. The second-order valence-electron chi connectivity index (χ2n) is 7.18. The summed E-state index contributed by atoms with van der Waals surface area (Å²) in [6.45, 7) is 8.76. The van der Waals surface area contributed by atoms with Crippen molar-refractivity contribution in [2.45, 2.75) is 46.7 Å². The van der Waals surface area contributed by atoms with E-state index in [1.807, 2.05) is 51.1 Å². The summed E-state index contributed by atoms with van der Waals surface area (Å²) in [5, 5.41) is 2.86. The van der Waals surface area contributed by atoms with Gasteiger partial charge in [-0.05, 0) is 57.0 Å². The molecule has 0 aliphatic rings. The van der Waals surface area contributed by atoms with Crippen molar-refractivity contribution in [1.82, 2.24) is 5.32 Å². The molecule has 1 atom stereocenters. The van der Waals surface area contributed by atoms with E-state index in [0.717, 1.165) is 17.4 Å². The zero-order valence-corrected chi connectivity index (χ0v) is 19.7. The normalized spacial score (nSPS) is 12.2. The Morgan fingerprint density at radius 2 is 1.61 bits per heavy atom. The number of hydrogen-bond donors (Lipinski definition) is 1. The average molecular weight is 449 g/mol. The molecule has 0 heterocycles. The Kier molecular flexibility index (Phi) is 8.74. The molecular formula is C23H32N2O5S. The van der Waals surface area contributed by atoms with Gasteiger partial charge < -0.3 is 14.8 Å². The summed E-state index contributed by atoms with van der Waals surface area (Å²) in [5.41, 5.74) is 2.31. The van der Waals surface area contributed by atoms with Crippen LogP contribution in [0.15, 0.2) is 42.5 Å². The van der Waals surface area contributed by atoms with Crippen LogP contribution in [0.1, 0.15) is 38.3 Å². The summed E-state index contributed by atoms with van der Waals surface area (Å²) in [7, 11) is -3.66. The molecule has 0 aliphatic carbocycles. The SMILES string of the molecule is CCOc1ccc(CNC(=O)C(CC)N(c2ccc(C)cc2)S(C)(=O)=O)cc1OCC. The monoisotopic (exact) mass is 448 g/mol. The molecule has 2 aromatic carbocycles. The number of carbonyl (C=O) groups excluding carboxylic acids is 1. The fourth-order valence-electron chi connectivity index (χ4n) is 3.26. The number of ether oxygens (including phenoxy) is 2. The van der Waals surface area contributed by atoms with Crippen LogP contribution < -0.4 is 19.1 Å². The van der Waals surface area contributed by atoms with Crippen molar-refractivity contribution in [3.05, 3.63) is 53.6 Å². The van der Waals surface area contributed by atoms with Crippen LogP contribution in [-0.4, -0.2) is 39.8 Å². The highest BCUT2D eigenvalue weighted by Gasteiger charge is 2.31. The molecule has 0 saturated heterocycles. The summed E-state index contributed by atoms with van der Waals surface area (Å²) in [5.74, 6) is 0.898. The van der Waals surface area contributed by atoms with E-state index in [0.29, 0.717) is 36.8 Å². The lowest BCUT2D eigenvalue weighted by atomic mass is 10.1. The fraction of sp³-hybridized carbons (Fsp3) is 0.435. The molecule has 0 radical (unpaired) electrons. The molecule has 7 nitrogen and oxygen atoms in total. The lowest BCUT2D eigenvalue weighted by Gasteiger charge is -2.30. The molecule has 0 aliphatic heterocycles. The maximum atomic E-state index is 13.0. The second-order valence-corrected chi connectivity index (χ2v) is 9.04. The van der Waals surface area contributed by atoms with Gasteiger partial charge in [0, 0.05) is 6.54 Å². The van der Waals surface area contributed by atoms with Gasteiger partial charge in [-0.3, -0.25) is 9.10 Å². The third-order valence-electron chi connectivity index (χ3n) is 4.69. The van der Waals surface area contributed by atoms with Gasteiger partial charge >= 0.3 is 0 Å². The molecule has 0 saturated carbocycles. The molecule has 1 N–H and O–H groups in total. The maximum Gasteiger partial charge on any atom is 0.244 e. The molecule has 170 valence electrons. The van der Waals surface area contributed by atoms with Gasteiger partial charge in [0.2, 0.25) is 15.9 Å². The number of carbonyl (C=O) groups is 1. The van der Waals surface area contributed by atoms with E-state index in [9.17, 15) is 13.2 Å². The van der Waals surface area contributed by atoms with E-state index < -0.39 is 16.1 Å². The van der Waals surface area contributed by atoms with E-state index in [4.69, 9.17) is 9.47 Å². The number of nitrogens with zero attached hydrogens (tertiary/aromatic N) is 1. The number of sulfonamides is 1. The lowest BCUT2D eigenvalue weighted by Crippen LogP contribution is -2.49. The Labute approximate surface area is 185 Å². The third kappa shape index (κ3) is 6.62. The van der Waals surface area contributed by atoms with Gasteiger partial charge in [-0.25, -0.2) is 8.42 Å². The summed E-state index contributed by atoms with van der Waals surface area (Å²) < 4.78 is 37.4. The highest BCUT2D eigenvalue weighted by atomic mass is 32.2. The van der Waals surface area contributed by atoms with Crippen molar-refractivity contribution in [3.8, 4) is 11.5 Å². The van der Waals surface area contributed by atoms with E-state index in [1.54, 1.807) is 19.1 Å². The van der Waals surface area contributed by atoms with Gasteiger partial charge in [0.05, 0.1) is 25.2 Å². The zero-order chi connectivity index (χ0) is 23.0. The van der Waals surface area contributed by atoms with Crippen LogP contribution >= 0.6 is 0 Å². The van der Waals surface area contributed by atoms with Gasteiger partial charge in [-0.2, -0.15) is 0 Å². The number of benzene rings is 2. The molecule has 2 rings (SSSR count). The van der Waals surface area contributed by atoms with Gasteiger partial charge in [-0.15, -0.1) is 0 Å². The standard InChI is InChI=1S/C23H32N2O5S/c1-6-20(25(31(5,27)28)19-12-9-17(4)10-13-19)23(26)24-16-18-11-14-21(29-7-2)22(15-18)30-8-3/h9-15,20H,6-8,16H2,1-5H3,(H,24,26). The molecule has 0 bridgehead atoms. The maximum absolute atomic E-state index is 13.0. The van der Waals surface area contributed by atoms with Gasteiger partial charge in [0.1, 0.15) is 6.04 Å². The van der Waals surface area contributed by atoms with Crippen molar-refractivity contribution in [3.63, 3.8) is 0 Å². The Bertz CT molecular complexity index is 974. The number of hydrogen-bond acceptors (Lipinski definition) is 5. The van der Waals surface area contributed by atoms with Crippen molar-refractivity contribution in [2.24, 2.45) is 0 Å². The Morgan fingerprint density at radius 1 is 1.00 bits per heavy atom. The largest absolute Gasteiger partial charge is 0.490 e. The highest BCUT2D eigenvalue weighted by molar-refractivity contribution is 7.92. The molecular weight excluding hydrogens is 416 g/mol. The molecule has 0 aromatic heterocycles. The molecule has 2 aromatic rings. The summed E-state index contributed by atoms with van der Waals surface area (Å²) in [6, 6.07) is 11.7. The van der Waals surface area contributed by atoms with Crippen molar-refractivity contribution < 1.29 is 22.7 Å². The number of aryl methyl sites for hydroxylation is 1. The summed E-state index contributed by atoms with van der Waals surface area (Å²) in [4.78, 5) is 13.0. The van der Waals surface area contributed by atoms with E-state index in [2.05, 4.69) is 5.32 Å². The summed E-state index contributed by atoms with van der Waals surface area (Å²) >= 11 is 0. The molecule has 0 fully saturated rings. The van der Waals surface area contributed by atoms with Crippen LogP contribution in [0.4, 0.5) is 5.69 Å². The molecule has 8 heteroatoms. The Hall–Kier alpha value is -2.74. The number of amides is 1. The summed E-state index contributed by atoms with van der Waals surface area (Å²) in [6.07, 6.45) is 1.45. The van der Waals surface area contributed by atoms with Crippen molar-refractivity contribution in [2.75, 3.05) is 23.8 Å². The van der Waals surface area contributed by atoms with Crippen molar-refractivity contribution in [1.29, 1.82) is 0 Å². The molecule has 0 spiro atoms. The first-order valence-electron chi connectivity index (χ1n) is 10.4. The van der Waals surface area contributed by atoms with Gasteiger partial charge in [0.15, 0.2) is 11.5 Å². The second kappa shape index (κ2) is 11.0. The number of rotatable bonds is 11. The lowest BCUT2D eigenvalue weighted by molar-refractivity contribution is -0.122. The Morgan fingerprint density at radius 3 is 2.16 bits per heavy atom. The van der Waals surface area contributed by atoms with E-state index in [1.165, 1.54) is 4.31 Å². The predicted molar refractivity (Wildman–Crippen MR) is 123 cm³/mol. The topological polar surface area (TPSA) is 84.9 Å². The molecule has 31 heavy (non-hydrogen) atoms. The van der Waals surface area contributed by atoms with Crippen molar-refractivity contribution >= 4 is 21.6 Å².